The van der Waals surface area contributed by atoms with Crippen LogP contribution < -0.4 is 0 Å². The van der Waals surface area contributed by atoms with E-state index in [0.717, 1.165) is 0 Å². The fourth-order valence-corrected chi connectivity index (χ4v) is 1.50. The fraction of sp³-hybridized carbons (Fsp3) is 0.833. The van der Waals surface area contributed by atoms with Gasteiger partial charge >= 0.3 is 5.97 Å². The number of Topliss-reactive ketones (excluding diaryl/α,β-unsaturated/α-hetero) is 1. The molecule has 0 aliphatic heterocycles. The molecule has 0 aromatic carbocycles. The van der Waals surface area contributed by atoms with Crippen molar-refractivity contribution in [3.63, 3.8) is 0 Å². The molecule has 16 heavy (non-hydrogen) atoms. The van der Waals surface area contributed by atoms with Gasteiger partial charge in [0.1, 0.15) is 5.78 Å². The normalized spacial score (nSPS) is 14.6. The highest BCUT2D eigenvalue weighted by atomic mass is 16.5. The molecule has 0 rings (SSSR count). The highest BCUT2D eigenvalue weighted by Gasteiger charge is 2.27. The number of hydrogen-bond donors (Lipinski definition) is 0. The van der Waals surface area contributed by atoms with E-state index in [2.05, 4.69) is 0 Å². The highest BCUT2D eigenvalue weighted by Crippen LogP contribution is 2.19. The van der Waals surface area contributed by atoms with Crippen molar-refractivity contribution in [1.29, 1.82) is 0 Å². The Morgan fingerprint density at radius 2 is 1.69 bits per heavy atom. The van der Waals surface area contributed by atoms with Gasteiger partial charge in [-0.2, -0.15) is 0 Å². The first-order valence-electron chi connectivity index (χ1n) is 5.53. The molecular formula is C12H22O4. The largest absolute Gasteiger partial charge is 0.469 e. The third-order valence-electron chi connectivity index (χ3n) is 2.70. The van der Waals surface area contributed by atoms with E-state index in [0.29, 0.717) is 6.61 Å². The summed E-state index contributed by atoms with van der Waals surface area (Å²) in [4.78, 5) is 23.2. The van der Waals surface area contributed by atoms with Crippen molar-refractivity contribution >= 4 is 11.8 Å². The van der Waals surface area contributed by atoms with Gasteiger partial charge in [0.2, 0.25) is 0 Å². The van der Waals surface area contributed by atoms with Crippen molar-refractivity contribution in [3.8, 4) is 0 Å². The minimum absolute atomic E-state index is 0.0472. The molecule has 0 spiro atoms. The van der Waals surface area contributed by atoms with Gasteiger partial charge in [-0.3, -0.25) is 9.59 Å². The van der Waals surface area contributed by atoms with Crippen LogP contribution in [0, 0.1) is 17.8 Å². The maximum atomic E-state index is 11.8. The maximum absolute atomic E-state index is 11.8. The molecule has 0 aromatic heterocycles. The van der Waals surface area contributed by atoms with Crippen LogP contribution in [0.4, 0.5) is 0 Å². The Balaban J connectivity index is 4.40. The number of ether oxygens (including phenoxy) is 2. The Morgan fingerprint density at radius 3 is 2.06 bits per heavy atom. The number of carbonyl (C=O) groups excluding carboxylic acids is 2. The first-order valence-corrected chi connectivity index (χ1v) is 5.53. The van der Waals surface area contributed by atoms with Gasteiger partial charge in [0.25, 0.3) is 0 Å². The summed E-state index contributed by atoms with van der Waals surface area (Å²) < 4.78 is 9.61. The van der Waals surface area contributed by atoms with Crippen molar-refractivity contribution in [1.82, 2.24) is 0 Å². The molecule has 4 heteroatoms. The van der Waals surface area contributed by atoms with E-state index in [4.69, 9.17) is 9.47 Å². The smallest absolute Gasteiger partial charge is 0.309 e. The van der Waals surface area contributed by atoms with Crippen molar-refractivity contribution < 1.29 is 19.1 Å². The van der Waals surface area contributed by atoms with E-state index < -0.39 is 0 Å². The fourth-order valence-electron chi connectivity index (χ4n) is 1.50. The van der Waals surface area contributed by atoms with E-state index in [1.54, 1.807) is 14.0 Å². The molecule has 0 aliphatic rings. The van der Waals surface area contributed by atoms with Crippen molar-refractivity contribution in [2.24, 2.45) is 17.8 Å². The molecule has 0 aliphatic carbocycles. The molecule has 0 radical (unpaired) electrons. The van der Waals surface area contributed by atoms with E-state index in [9.17, 15) is 9.59 Å². The number of hydrogen-bond acceptors (Lipinski definition) is 4. The van der Waals surface area contributed by atoms with Crippen LogP contribution in [0.5, 0.6) is 0 Å². The molecule has 94 valence electrons. The molecule has 0 aromatic rings. The third kappa shape index (κ3) is 4.75. The Labute approximate surface area is 97.3 Å². The minimum atomic E-state index is -0.350. The molecule has 0 saturated carbocycles. The molecule has 0 amide bonds. The van der Waals surface area contributed by atoms with Crippen LogP contribution >= 0.6 is 0 Å². The monoisotopic (exact) mass is 230 g/mol. The molecule has 0 heterocycles. The lowest BCUT2D eigenvalue weighted by atomic mass is 9.88. The summed E-state index contributed by atoms with van der Waals surface area (Å²) in [7, 11) is 2.91. The Bertz CT molecular complexity index is 235. The Hall–Kier alpha value is -0.900. The van der Waals surface area contributed by atoms with E-state index in [-0.39, 0.29) is 35.9 Å². The predicted molar refractivity (Wildman–Crippen MR) is 61.0 cm³/mol. The highest BCUT2D eigenvalue weighted by molar-refractivity contribution is 5.86. The summed E-state index contributed by atoms with van der Waals surface area (Å²) in [6, 6.07) is 0. The van der Waals surface area contributed by atoms with Crippen LogP contribution in [0.15, 0.2) is 0 Å². The topological polar surface area (TPSA) is 52.6 Å². The Kier molecular flexibility index (Phi) is 6.97. The molecular weight excluding hydrogens is 208 g/mol. The molecule has 0 fully saturated rings. The lowest BCUT2D eigenvalue weighted by Gasteiger charge is -2.19. The van der Waals surface area contributed by atoms with Gasteiger partial charge in [-0.05, 0) is 5.92 Å². The van der Waals surface area contributed by atoms with Crippen LogP contribution in [-0.4, -0.2) is 32.6 Å². The lowest BCUT2D eigenvalue weighted by molar-refractivity contribution is -0.149. The SMILES string of the molecule is COC[C@H](C)C(=O)CC(C(=O)OC)C(C)C. The summed E-state index contributed by atoms with van der Waals surface area (Å²) in [6.07, 6.45) is 0.231. The number of esters is 1. The van der Waals surface area contributed by atoms with Gasteiger partial charge in [-0.1, -0.05) is 20.8 Å². The number of rotatable bonds is 7. The van der Waals surface area contributed by atoms with Crippen molar-refractivity contribution in [2.75, 3.05) is 20.8 Å². The summed E-state index contributed by atoms with van der Waals surface area (Å²) in [6.45, 7) is 6.02. The first-order chi connectivity index (χ1) is 7.43. The van der Waals surface area contributed by atoms with E-state index in [1.807, 2.05) is 13.8 Å². The predicted octanol–water partition coefficient (Wildman–Crippen LogP) is 1.67. The van der Waals surface area contributed by atoms with Gasteiger partial charge in [0, 0.05) is 19.4 Å². The number of methoxy groups -OCH3 is 2. The van der Waals surface area contributed by atoms with Gasteiger partial charge in [-0.25, -0.2) is 0 Å². The maximum Gasteiger partial charge on any atom is 0.309 e. The lowest BCUT2D eigenvalue weighted by Crippen LogP contribution is -2.28. The summed E-state index contributed by atoms with van der Waals surface area (Å²) in [5.74, 6) is -0.683. The standard InChI is InChI=1S/C12H22O4/c1-8(2)10(12(14)16-5)6-11(13)9(3)7-15-4/h8-10H,6-7H2,1-5H3/t9-,10?/m0/s1. The summed E-state index contributed by atoms with van der Waals surface area (Å²) >= 11 is 0. The zero-order chi connectivity index (χ0) is 12.7. The Morgan fingerprint density at radius 1 is 1.12 bits per heavy atom. The molecule has 2 atom stereocenters. The first kappa shape index (κ1) is 15.1. The number of ketones is 1. The molecule has 1 unspecified atom stereocenters. The summed E-state index contributed by atoms with van der Waals surface area (Å²) in [5, 5.41) is 0. The summed E-state index contributed by atoms with van der Waals surface area (Å²) in [5.41, 5.74) is 0. The second-order valence-corrected chi connectivity index (χ2v) is 4.40. The van der Waals surface area contributed by atoms with Crippen molar-refractivity contribution in [3.05, 3.63) is 0 Å². The molecule has 0 bridgehead atoms. The minimum Gasteiger partial charge on any atom is -0.469 e. The van der Waals surface area contributed by atoms with Crippen LogP contribution in [0.3, 0.4) is 0 Å². The quantitative estimate of drug-likeness (QED) is 0.624. The van der Waals surface area contributed by atoms with Crippen LogP contribution in [-0.2, 0) is 19.1 Å². The third-order valence-corrected chi connectivity index (χ3v) is 2.70. The molecule has 0 saturated heterocycles. The van der Waals surface area contributed by atoms with Gasteiger partial charge in [-0.15, -0.1) is 0 Å². The second kappa shape index (κ2) is 7.39. The zero-order valence-corrected chi connectivity index (χ0v) is 10.8. The van der Waals surface area contributed by atoms with Crippen LogP contribution in [0.2, 0.25) is 0 Å². The molecule has 0 N–H and O–H groups in total. The van der Waals surface area contributed by atoms with Crippen LogP contribution in [0.25, 0.3) is 0 Å². The average molecular weight is 230 g/mol. The van der Waals surface area contributed by atoms with Crippen molar-refractivity contribution in [2.45, 2.75) is 27.2 Å². The average Bonchev–Trinajstić information content (AvgIpc) is 2.24. The van der Waals surface area contributed by atoms with Gasteiger partial charge < -0.3 is 9.47 Å². The second-order valence-electron chi connectivity index (χ2n) is 4.40. The zero-order valence-electron chi connectivity index (χ0n) is 10.8. The molecule has 4 nitrogen and oxygen atoms in total. The number of carbonyl (C=O) groups is 2. The van der Waals surface area contributed by atoms with Gasteiger partial charge in [0.15, 0.2) is 0 Å². The van der Waals surface area contributed by atoms with E-state index in [1.165, 1.54) is 7.11 Å². The van der Waals surface area contributed by atoms with E-state index >= 15 is 0 Å². The van der Waals surface area contributed by atoms with Crippen LogP contribution in [0.1, 0.15) is 27.2 Å². The van der Waals surface area contributed by atoms with Gasteiger partial charge in [0.05, 0.1) is 19.6 Å².